The van der Waals surface area contributed by atoms with Crippen molar-refractivity contribution >= 4 is 15.9 Å². The molecule has 0 spiro atoms. The van der Waals surface area contributed by atoms with E-state index in [-0.39, 0.29) is 6.42 Å². The second-order valence-corrected chi connectivity index (χ2v) is 3.51. The zero-order valence-corrected chi connectivity index (χ0v) is 8.69. The van der Waals surface area contributed by atoms with E-state index in [1.54, 1.807) is 0 Å². The normalized spacial score (nSPS) is 13.3. The molecule has 0 aliphatic rings. The van der Waals surface area contributed by atoms with Crippen molar-refractivity contribution in [2.45, 2.75) is 32.1 Å². The summed E-state index contributed by atoms with van der Waals surface area (Å²) in [6.45, 7) is 3.62. The molecule has 0 aliphatic heterocycles. The maximum Gasteiger partial charge on any atom is 0.238 e. The quantitative estimate of drug-likeness (QED) is 0.466. The Bertz CT molecular complexity index is 115. The first kappa shape index (κ1) is 12.1. The summed E-state index contributed by atoms with van der Waals surface area (Å²) in [5, 5.41) is 0.877. The van der Waals surface area contributed by atoms with Crippen LogP contribution in [-0.2, 0) is 0 Å². The fraction of sp³-hybridized carbons (Fsp3) is 0.778. The Morgan fingerprint density at radius 3 is 2.42 bits per heavy atom. The summed E-state index contributed by atoms with van der Waals surface area (Å²) >= 11 is 3.35. The van der Waals surface area contributed by atoms with Gasteiger partial charge in [0.25, 0.3) is 0 Å². The zero-order valence-electron chi connectivity index (χ0n) is 7.11. The molecule has 0 aliphatic carbocycles. The first-order valence-electron chi connectivity index (χ1n) is 4.15. The molecule has 1 unspecified atom stereocenters. The second-order valence-electron chi connectivity index (χ2n) is 2.87. The molecule has 0 amide bonds. The van der Waals surface area contributed by atoms with Gasteiger partial charge in [0.2, 0.25) is 6.43 Å². The summed E-state index contributed by atoms with van der Waals surface area (Å²) in [5.74, 6) is 0.473. The lowest BCUT2D eigenvalue weighted by atomic mass is 10.0. The highest BCUT2D eigenvalue weighted by Gasteiger charge is 2.07. The third-order valence-corrected chi connectivity index (χ3v) is 2.67. The van der Waals surface area contributed by atoms with Crippen molar-refractivity contribution in [2.75, 3.05) is 5.33 Å². The lowest BCUT2D eigenvalue weighted by molar-refractivity contribution is 0.132. The predicted molar refractivity (Wildman–Crippen MR) is 52.0 cm³/mol. The third-order valence-electron chi connectivity index (χ3n) is 1.75. The van der Waals surface area contributed by atoms with E-state index >= 15 is 0 Å². The largest absolute Gasteiger partial charge is 0.238 e. The monoisotopic (exact) mass is 240 g/mol. The summed E-state index contributed by atoms with van der Waals surface area (Å²) in [6.07, 6.45) is 2.11. The number of allylic oxidation sites excluding steroid dienone is 1. The Balaban J connectivity index is 3.37. The van der Waals surface area contributed by atoms with Crippen LogP contribution in [0.5, 0.6) is 0 Å². The summed E-state index contributed by atoms with van der Waals surface area (Å²) in [5.41, 5.74) is 0. The van der Waals surface area contributed by atoms with Crippen LogP contribution >= 0.6 is 15.9 Å². The molecule has 0 nitrogen and oxygen atoms in total. The highest BCUT2D eigenvalue weighted by atomic mass is 79.9. The van der Waals surface area contributed by atoms with Gasteiger partial charge in [0.15, 0.2) is 0 Å². The fourth-order valence-electron chi connectivity index (χ4n) is 1.05. The third kappa shape index (κ3) is 6.77. The van der Waals surface area contributed by atoms with Crippen LogP contribution in [0.25, 0.3) is 0 Å². The van der Waals surface area contributed by atoms with Crippen LogP contribution in [0.2, 0.25) is 0 Å². The summed E-state index contributed by atoms with van der Waals surface area (Å²) in [4.78, 5) is 0. The smallest absolute Gasteiger partial charge is 0.211 e. The maximum absolute atomic E-state index is 11.7. The van der Waals surface area contributed by atoms with Gasteiger partial charge in [-0.1, -0.05) is 22.0 Å². The number of alkyl halides is 3. The number of halogens is 3. The van der Waals surface area contributed by atoms with E-state index in [4.69, 9.17) is 0 Å². The average molecular weight is 241 g/mol. The Labute approximate surface area is 81.2 Å². The molecule has 0 aromatic heterocycles. The van der Waals surface area contributed by atoms with Crippen LogP contribution in [0.15, 0.2) is 12.7 Å². The van der Waals surface area contributed by atoms with Crippen LogP contribution in [-0.4, -0.2) is 11.8 Å². The molecule has 0 N–H and O–H groups in total. The summed E-state index contributed by atoms with van der Waals surface area (Å²) in [7, 11) is 0. The standard InChI is InChI=1S/C9H15BrF2/c1-2-4-8(7-10)5-3-6-9(11)12/h2,8-9H,1,3-7H2. The number of rotatable bonds is 7. The van der Waals surface area contributed by atoms with E-state index in [0.717, 1.165) is 18.2 Å². The van der Waals surface area contributed by atoms with E-state index in [2.05, 4.69) is 22.5 Å². The van der Waals surface area contributed by atoms with Gasteiger partial charge in [0.1, 0.15) is 0 Å². The van der Waals surface area contributed by atoms with Crippen molar-refractivity contribution in [1.82, 2.24) is 0 Å². The molecule has 0 heterocycles. The van der Waals surface area contributed by atoms with E-state index in [1.807, 2.05) is 6.08 Å². The molecule has 72 valence electrons. The van der Waals surface area contributed by atoms with Crippen molar-refractivity contribution < 1.29 is 8.78 Å². The van der Waals surface area contributed by atoms with Crippen LogP contribution in [0.4, 0.5) is 8.78 Å². The highest BCUT2D eigenvalue weighted by Crippen LogP contribution is 2.17. The molecule has 12 heavy (non-hydrogen) atoms. The van der Waals surface area contributed by atoms with Crippen LogP contribution < -0.4 is 0 Å². The maximum atomic E-state index is 11.7. The number of hydrogen-bond acceptors (Lipinski definition) is 0. The fourth-order valence-corrected chi connectivity index (χ4v) is 1.64. The molecule has 1 atom stereocenters. The Hall–Kier alpha value is 0.0800. The summed E-state index contributed by atoms with van der Waals surface area (Å²) < 4.78 is 23.5. The minimum Gasteiger partial charge on any atom is -0.211 e. The Morgan fingerprint density at radius 2 is 2.00 bits per heavy atom. The van der Waals surface area contributed by atoms with Crippen LogP contribution in [0, 0.1) is 5.92 Å². The van der Waals surface area contributed by atoms with Gasteiger partial charge in [0, 0.05) is 11.8 Å². The van der Waals surface area contributed by atoms with Gasteiger partial charge in [-0.25, -0.2) is 8.78 Å². The Morgan fingerprint density at radius 1 is 1.33 bits per heavy atom. The lowest BCUT2D eigenvalue weighted by Gasteiger charge is -2.10. The van der Waals surface area contributed by atoms with Crippen LogP contribution in [0.3, 0.4) is 0 Å². The topological polar surface area (TPSA) is 0 Å². The van der Waals surface area contributed by atoms with Crippen molar-refractivity contribution in [2.24, 2.45) is 5.92 Å². The van der Waals surface area contributed by atoms with E-state index in [1.165, 1.54) is 0 Å². The molecule has 0 saturated heterocycles. The van der Waals surface area contributed by atoms with Crippen LogP contribution in [0.1, 0.15) is 25.7 Å². The van der Waals surface area contributed by atoms with E-state index < -0.39 is 6.43 Å². The van der Waals surface area contributed by atoms with E-state index in [0.29, 0.717) is 12.3 Å². The average Bonchev–Trinajstić information content (AvgIpc) is 2.02. The van der Waals surface area contributed by atoms with Gasteiger partial charge in [0.05, 0.1) is 0 Å². The van der Waals surface area contributed by atoms with Crippen molar-refractivity contribution in [3.63, 3.8) is 0 Å². The number of hydrogen-bond donors (Lipinski definition) is 0. The van der Waals surface area contributed by atoms with Crippen molar-refractivity contribution in [3.05, 3.63) is 12.7 Å². The van der Waals surface area contributed by atoms with Crippen molar-refractivity contribution in [1.29, 1.82) is 0 Å². The highest BCUT2D eigenvalue weighted by molar-refractivity contribution is 9.09. The van der Waals surface area contributed by atoms with Gasteiger partial charge < -0.3 is 0 Å². The van der Waals surface area contributed by atoms with Gasteiger partial charge in [-0.2, -0.15) is 0 Å². The SMILES string of the molecule is C=CCC(CBr)CCCC(F)F. The molecule has 0 fully saturated rings. The molecule has 0 bridgehead atoms. The van der Waals surface area contributed by atoms with Gasteiger partial charge in [-0.05, 0) is 25.2 Å². The lowest BCUT2D eigenvalue weighted by Crippen LogP contribution is -2.01. The zero-order chi connectivity index (χ0) is 9.40. The molecule has 0 saturated carbocycles. The minimum atomic E-state index is -2.15. The molecule has 3 heteroatoms. The van der Waals surface area contributed by atoms with Gasteiger partial charge in [-0.15, -0.1) is 6.58 Å². The first-order chi connectivity index (χ1) is 5.70. The summed E-state index contributed by atoms with van der Waals surface area (Å²) in [6, 6.07) is 0. The first-order valence-corrected chi connectivity index (χ1v) is 5.27. The molecule has 0 rings (SSSR count). The minimum absolute atomic E-state index is 0.0284. The van der Waals surface area contributed by atoms with Gasteiger partial charge >= 0.3 is 0 Å². The molecule has 0 radical (unpaired) electrons. The Kier molecular flexibility index (Phi) is 7.77. The van der Waals surface area contributed by atoms with E-state index in [9.17, 15) is 8.78 Å². The second kappa shape index (κ2) is 7.71. The molecular formula is C9H15BrF2. The molecule has 0 aromatic rings. The van der Waals surface area contributed by atoms with Crippen molar-refractivity contribution in [3.8, 4) is 0 Å². The van der Waals surface area contributed by atoms with Gasteiger partial charge in [-0.3, -0.25) is 0 Å². The molecule has 0 aromatic carbocycles. The molecular weight excluding hydrogens is 226 g/mol. The predicted octanol–water partition coefficient (Wildman–Crippen LogP) is 4.01.